The average Bonchev–Trinajstić information content (AvgIpc) is 2.60. The number of nitrogens with one attached hydrogen (secondary N) is 1. The van der Waals surface area contributed by atoms with E-state index in [1.807, 2.05) is 19.2 Å². The normalized spacial score (nSPS) is 12.8. The lowest BCUT2D eigenvalue weighted by molar-refractivity contribution is 0.00660. The zero-order valence-corrected chi connectivity index (χ0v) is 15.3. The van der Waals surface area contributed by atoms with E-state index in [-0.39, 0.29) is 6.04 Å². The van der Waals surface area contributed by atoms with Crippen molar-refractivity contribution in [2.24, 2.45) is 0 Å². The number of halogens is 1. The van der Waals surface area contributed by atoms with Crippen molar-refractivity contribution < 1.29 is 4.74 Å². The second-order valence-electron chi connectivity index (χ2n) is 5.67. The number of benzene rings is 2. The SMILES string of the molecule is C=C(Br)CC(CC(OC)(c1ccccc1)c1ccccc1)NC. The molecule has 1 N–H and O–H groups in total. The second-order valence-corrected chi connectivity index (χ2v) is 6.80. The van der Waals surface area contributed by atoms with E-state index in [2.05, 4.69) is 76.4 Å². The van der Waals surface area contributed by atoms with Gasteiger partial charge >= 0.3 is 0 Å². The molecule has 0 saturated heterocycles. The molecule has 2 aromatic rings. The smallest absolute Gasteiger partial charge is 0.119 e. The lowest BCUT2D eigenvalue weighted by Gasteiger charge is -2.37. The molecule has 1 unspecified atom stereocenters. The molecular weight excluding hydrogens is 350 g/mol. The van der Waals surface area contributed by atoms with Crippen LogP contribution in [0.1, 0.15) is 24.0 Å². The van der Waals surface area contributed by atoms with E-state index in [0.29, 0.717) is 0 Å². The van der Waals surface area contributed by atoms with Crippen LogP contribution in [0.5, 0.6) is 0 Å². The lowest BCUT2D eigenvalue weighted by Crippen LogP contribution is -2.39. The zero-order chi connectivity index (χ0) is 16.7. The summed E-state index contributed by atoms with van der Waals surface area (Å²) < 4.78 is 7.13. The van der Waals surface area contributed by atoms with Crippen LogP contribution in [-0.2, 0) is 10.3 Å². The van der Waals surface area contributed by atoms with Crippen LogP contribution in [0, 0.1) is 0 Å². The van der Waals surface area contributed by atoms with Gasteiger partial charge < -0.3 is 10.1 Å². The molecule has 0 fully saturated rings. The van der Waals surface area contributed by atoms with Crippen LogP contribution in [0.25, 0.3) is 0 Å². The number of rotatable bonds is 8. The van der Waals surface area contributed by atoms with E-state index >= 15 is 0 Å². The average molecular weight is 374 g/mol. The predicted octanol–water partition coefficient (Wildman–Crippen LogP) is 4.85. The van der Waals surface area contributed by atoms with Crippen LogP contribution in [0.15, 0.2) is 71.7 Å². The van der Waals surface area contributed by atoms with Crippen molar-refractivity contribution in [1.82, 2.24) is 5.32 Å². The van der Waals surface area contributed by atoms with Gasteiger partial charge in [-0.3, -0.25) is 0 Å². The Kier molecular flexibility index (Phi) is 6.58. The van der Waals surface area contributed by atoms with Crippen molar-refractivity contribution in [2.45, 2.75) is 24.5 Å². The summed E-state index contributed by atoms with van der Waals surface area (Å²) in [4.78, 5) is 0. The van der Waals surface area contributed by atoms with Crippen LogP contribution < -0.4 is 5.32 Å². The number of hydrogen-bond acceptors (Lipinski definition) is 2. The fraction of sp³-hybridized carbons (Fsp3) is 0.300. The molecule has 2 aromatic carbocycles. The van der Waals surface area contributed by atoms with E-state index in [4.69, 9.17) is 4.74 Å². The summed E-state index contributed by atoms with van der Waals surface area (Å²) in [5.74, 6) is 0. The molecule has 0 radical (unpaired) electrons. The molecule has 3 heteroatoms. The first kappa shape index (κ1) is 17.9. The maximum atomic E-state index is 6.14. The summed E-state index contributed by atoms with van der Waals surface area (Å²) in [6.45, 7) is 3.98. The predicted molar refractivity (Wildman–Crippen MR) is 101 cm³/mol. The minimum Gasteiger partial charge on any atom is -0.369 e. The van der Waals surface area contributed by atoms with Gasteiger partial charge in [0.2, 0.25) is 0 Å². The molecule has 0 aliphatic rings. The van der Waals surface area contributed by atoms with Gasteiger partial charge in [0, 0.05) is 19.6 Å². The topological polar surface area (TPSA) is 21.3 Å². The molecule has 1 atom stereocenters. The zero-order valence-electron chi connectivity index (χ0n) is 13.8. The third kappa shape index (κ3) is 4.31. The van der Waals surface area contributed by atoms with Crippen molar-refractivity contribution >= 4 is 15.9 Å². The standard InChI is InChI=1S/C20H24BrNO/c1-16(21)14-19(22-2)15-20(23-3,17-10-6-4-7-11-17)18-12-8-5-9-13-18/h4-13,19,22H,1,14-15H2,2-3H3. The van der Waals surface area contributed by atoms with Crippen LogP contribution >= 0.6 is 15.9 Å². The van der Waals surface area contributed by atoms with Gasteiger partial charge in [-0.25, -0.2) is 0 Å². The molecule has 0 aliphatic heterocycles. The number of ether oxygens (including phenoxy) is 1. The quantitative estimate of drug-likeness (QED) is 0.713. The highest BCUT2D eigenvalue weighted by atomic mass is 79.9. The van der Waals surface area contributed by atoms with Gasteiger partial charge in [-0.05, 0) is 29.1 Å². The Bertz CT molecular complexity index is 573. The summed E-state index contributed by atoms with van der Waals surface area (Å²) in [6, 6.07) is 21.1. The number of hydrogen-bond donors (Lipinski definition) is 1. The van der Waals surface area contributed by atoms with Crippen molar-refractivity contribution in [1.29, 1.82) is 0 Å². The molecule has 2 rings (SSSR count). The molecule has 0 spiro atoms. The van der Waals surface area contributed by atoms with Crippen molar-refractivity contribution in [3.8, 4) is 0 Å². The Morgan fingerprint density at radius 3 is 1.91 bits per heavy atom. The Labute approximate surface area is 147 Å². The first-order valence-corrected chi connectivity index (χ1v) is 8.58. The first-order chi connectivity index (χ1) is 11.1. The summed E-state index contributed by atoms with van der Waals surface area (Å²) >= 11 is 3.48. The maximum absolute atomic E-state index is 6.14. The summed E-state index contributed by atoms with van der Waals surface area (Å²) in [7, 11) is 3.77. The van der Waals surface area contributed by atoms with Crippen molar-refractivity contribution in [2.75, 3.05) is 14.2 Å². The molecular formula is C20H24BrNO. The summed E-state index contributed by atoms with van der Waals surface area (Å²) in [5, 5.41) is 3.39. The van der Waals surface area contributed by atoms with E-state index < -0.39 is 5.60 Å². The molecule has 0 aromatic heterocycles. The van der Waals surface area contributed by atoms with Crippen LogP contribution in [0.3, 0.4) is 0 Å². The fourth-order valence-corrected chi connectivity index (χ4v) is 3.42. The van der Waals surface area contributed by atoms with Gasteiger partial charge in [-0.1, -0.05) is 83.2 Å². The van der Waals surface area contributed by atoms with Gasteiger partial charge in [0.25, 0.3) is 0 Å². The minimum absolute atomic E-state index is 0.252. The van der Waals surface area contributed by atoms with Crippen LogP contribution in [0.2, 0.25) is 0 Å². The third-order valence-corrected chi connectivity index (χ3v) is 4.56. The highest BCUT2D eigenvalue weighted by Gasteiger charge is 2.36. The molecule has 122 valence electrons. The summed E-state index contributed by atoms with van der Waals surface area (Å²) in [6.07, 6.45) is 1.67. The molecule has 0 bridgehead atoms. The molecule has 0 heterocycles. The molecule has 0 amide bonds. The van der Waals surface area contributed by atoms with E-state index in [1.165, 1.54) is 0 Å². The largest absolute Gasteiger partial charge is 0.369 e. The van der Waals surface area contributed by atoms with Gasteiger partial charge in [-0.15, -0.1) is 0 Å². The molecule has 0 saturated carbocycles. The summed E-state index contributed by atoms with van der Waals surface area (Å²) in [5.41, 5.74) is 1.84. The van der Waals surface area contributed by atoms with Gasteiger partial charge in [0.1, 0.15) is 5.60 Å². The highest BCUT2D eigenvalue weighted by molar-refractivity contribution is 9.11. The van der Waals surface area contributed by atoms with E-state index in [0.717, 1.165) is 28.5 Å². The molecule has 23 heavy (non-hydrogen) atoms. The molecule has 0 aliphatic carbocycles. The maximum Gasteiger partial charge on any atom is 0.119 e. The van der Waals surface area contributed by atoms with Gasteiger partial charge in [0.15, 0.2) is 0 Å². The highest BCUT2D eigenvalue weighted by Crippen LogP contribution is 2.38. The Hall–Kier alpha value is -1.42. The number of methoxy groups -OCH3 is 1. The molecule has 2 nitrogen and oxygen atoms in total. The lowest BCUT2D eigenvalue weighted by atomic mass is 9.80. The van der Waals surface area contributed by atoms with Gasteiger partial charge in [-0.2, -0.15) is 0 Å². The van der Waals surface area contributed by atoms with Crippen molar-refractivity contribution in [3.63, 3.8) is 0 Å². The van der Waals surface area contributed by atoms with Gasteiger partial charge in [0.05, 0.1) is 0 Å². The fourth-order valence-electron chi connectivity index (χ4n) is 3.03. The van der Waals surface area contributed by atoms with Crippen molar-refractivity contribution in [3.05, 3.63) is 82.9 Å². The third-order valence-electron chi connectivity index (χ3n) is 4.24. The Morgan fingerprint density at radius 1 is 1.09 bits per heavy atom. The van der Waals surface area contributed by atoms with Crippen LogP contribution in [-0.4, -0.2) is 20.2 Å². The Balaban J connectivity index is 2.48. The monoisotopic (exact) mass is 373 g/mol. The van der Waals surface area contributed by atoms with Crippen LogP contribution in [0.4, 0.5) is 0 Å². The minimum atomic E-state index is -0.487. The van der Waals surface area contributed by atoms with E-state index in [9.17, 15) is 0 Å². The Morgan fingerprint density at radius 2 is 1.57 bits per heavy atom. The second kappa shape index (κ2) is 8.44. The first-order valence-electron chi connectivity index (χ1n) is 7.79. The van der Waals surface area contributed by atoms with E-state index in [1.54, 1.807) is 7.11 Å².